The molecule has 0 fully saturated rings. The number of aromatic nitrogens is 5. The number of rotatable bonds is 18. The van der Waals surface area contributed by atoms with E-state index in [9.17, 15) is 14.7 Å². The fourth-order valence-electron chi connectivity index (χ4n) is 7.81. The number of pyridine rings is 2. The number of carbonyl (C=O) groups excluding carboxylic acids is 2. The number of imidazole rings is 1. The number of amides is 2. The first-order valence-electron chi connectivity index (χ1n) is 21.6. The number of nitrogen functional groups attached to an aromatic ring is 1. The average Bonchev–Trinajstić information content (AvgIpc) is 3.89. The van der Waals surface area contributed by atoms with Crippen molar-refractivity contribution in [3.05, 3.63) is 149 Å². The second-order valence-electron chi connectivity index (χ2n) is 15.8. The van der Waals surface area contributed by atoms with E-state index in [1.807, 2.05) is 63.5 Å². The molecule has 14 nitrogen and oxygen atoms in total. The van der Waals surface area contributed by atoms with Gasteiger partial charge in [0.1, 0.15) is 23.0 Å². The Morgan fingerprint density at radius 3 is 2.38 bits per heavy atom. The monoisotopic (exact) mass is 903 g/mol. The Morgan fingerprint density at radius 1 is 0.848 bits per heavy atom. The number of H-pyrrole nitrogens is 1. The van der Waals surface area contributed by atoms with Gasteiger partial charge in [0.2, 0.25) is 0 Å². The molecule has 66 heavy (non-hydrogen) atoms. The highest BCUT2D eigenvalue weighted by molar-refractivity contribution is 6.34. The molecule has 0 saturated heterocycles. The van der Waals surface area contributed by atoms with Gasteiger partial charge in [-0.25, -0.2) is 4.98 Å². The van der Waals surface area contributed by atoms with E-state index in [1.54, 1.807) is 42.7 Å². The molecule has 0 atom stereocenters. The lowest BCUT2D eigenvalue weighted by Gasteiger charge is -2.16. The van der Waals surface area contributed by atoms with E-state index in [0.717, 1.165) is 66.6 Å². The van der Waals surface area contributed by atoms with Crippen LogP contribution in [0, 0.1) is 6.92 Å². The van der Waals surface area contributed by atoms with Gasteiger partial charge < -0.3 is 45.8 Å². The molecule has 0 aliphatic heterocycles. The second-order valence-corrected chi connectivity index (χ2v) is 16.2. The van der Waals surface area contributed by atoms with Gasteiger partial charge in [-0.2, -0.15) is 4.98 Å². The number of nitrogens with two attached hydrogens (primary N) is 1. The van der Waals surface area contributed by atoms with Crippen LogP contribution in [-0.4, -0.2) is 74.3 Å². The lowest BCUT2D eigenvalue weighted by molar-refractivity contribution is 0.0915. The maximum atomic E-state index is 13.2. The predicted octanol–water partition coefficient (Wildman–Crippen LogP) is 9.12. The summed E-state index contributed by atoms with van der Waals surface area (Å²) in [6, 6.07) is 28.1. The van der Waals surface area contributed by atoms with Crippen LogP contribution in [0.2, 0.25) is 5.02 Å². The number of carbonyl (C=O) groups is 2. The summed E-state index contributed by atoms with van der Waals surface area (Å²) in [6.07, 6.45) is 6.61. The third-order valence-electron chi connectivity index (χ3n) is 11.3. The zero-order valence-electron chi connectivity index (χ0n) is 36.9. The quantitative estimate of drug-likeness (QED) is 0.0452. The summed E-state index contributed by atoms with van der Waals surface area (Å²) in [5, 5.41) is 20.5. The third-order valence-corrected chi connectivity index (χ3v) is 11.6. The number of hydrogen-bond donors (Lipinski definition) is 6. The van der Waals surface area contributed by atoms with Crippen molar-refractivity contribution in [1.82, 2.24) is 40.5 Å². The van der Waals surface area contributed by atoms with Gasteiger partial charge in [-0.1, -0.05) is 55.4 Å². The molecule has 336 valence electrons. The number of phenols is 1. The summed E-state index contributed by atoms with van der Waals surface area (Å²) in [4.78, 5) is 42.8. The maximum absolute atomic E-state index is 13.2. The zero-order chi connectivity index (χ0) is 46.3. The number of nitrogens with one attached hydrogen (secondary N) is 4. The molecule has 4 heterocycles. The smallest absolute Gasteiger partial charge is 0.300 e. The van der Waals surface area contributed by atoms with Crippen LogP contribution >= 0.6 is 11.6 Å². The molecule has 7 N–H and O–H groups in total. The van der Waals surface area contributed by atoms with Crippen LogP contribution in [0.1, 0.15) is 45.3 Å². The Morgan fingerprint density at radius 2 is 1.61 bits per heavy atom. The van der Waals surface area contributed by atoms with Crippen LogP contribution in [-0.2, 0) is 18.2 Å². The van der Waals surface area contributed by atoms with Crippen LogP contribution in [0.4, 0.5) is 5.82 Å². The van der Waals surface area contributed by atoms with Gasteiger partial charge in [0.25, 0.3) is 17.8 Å². The molecule has 0 saturated carbocycles. The molecule has 8 aromatic rings. The molecule has 0 unspecified atom stereocenters. The highest BCUT2D eigenvalue weighted by Crippen LogP contribution is 2.37. The summed E-state index contributed by atoms with van der Waals surface area (Å²) in [5.74, 6) is 0.483. The molecule has 0 bridgehead atoms. The number of phenolic OH excluding ortho intramolecular Hbond substituents is 1. The molecule has 0 aliphatic carbocycles. The summed E-state index contributed by atoms with van der Waals surface area (Å²) < 4.78 is 13.9. The summed E-state index contributed by atoms with van der Waals surface area (Å²) in [5.41, 5.74) is 17.4. The van der Waals surface area contributed by atoms with Crippen molar-refractivity contribution in [1.29, 1.82) is 0 Å². The van der Waals surface area contributed by atoms with Crippen LogP contribution < -0.4 is 26.4 Å². The van der Waals surface area contributed by atoms with Gasteiger partial charge in [-0.3, -0.25) is 14.6 Å². The standard InChI is InChI=1S/C51H50ClN9O5/c1-5-38-41(29-58-48(53)47(38)32-7-11-36(62)12-8-32)35-9-14-43(57-28-35)50(64)55-18-16-31(3)54-19-22-65-23-20-56-49(63)39-25-37(13-6-30(39)2)66-51-59-44-26-40(42(52)27-45(44)60-51)33-10-15-46-34(24-33)17-21-61(46)4/h6-15,17,21,24-29,54,62H,3,5,16,18-20,22-23H2,1-2,4H3,(H2,53,58)(H,55,64)(H,56,63)(H,59,60). The van der Waals surface area contributed by atoms with E-state index in [1.165, 1.54) is 0 Å². The number of hydrogen-bond acceptors (Lipinski definition) is 10. The Hall–Kier alpha value is -7.68. The van der Waals surface area contributed by atoms with Crippen LogP contribution in [0.25, 0.3) is 55.3 Å². The van der Waals surface area contributed by atoms with Crippen molar-refractivity contribution in [2.24, 2.45) is 7.05 Å². The lowest BCUT2D eigenvalue weighted by Crippen LogP contribution is -2.29. The topological polar surface area (TPSA) is 194 Å². The minimum atomic E-state index is -0.297. The molecule has 0 radical (unpaired) electrons. The number of halogens is 1. The molecule has 4 aromatic heterocycles. The first-order valence-corrected chi connectivity index (χ1v) is 22.0. The third kappa shape index (κ3) is 10.1. The fraction of sp³-hybridized carbons (Fsp3) is 0.196. The SMILES string of the molecule is C=C(CCNC(=O)c1ccc(-c2cnc(N)c(-c3ccc(O)cc3)c2CC)cn1)NCCOCCNC(=O)c1cc(Oc2nc3cc(-c4ccc5c(ccn5C)c4)c(Cl)cc3[nH]2)ccc1C. The number of aromatic hydroxyl groups is 1. The van der Waals surface area contributed by atoms with Crippen LogP contribution in [0.15, 0.2) is 122 Å². The van der Waals surface area contributed by atoms with Gasteiger partial charge >= 0.3 is 0 Å². The van der Waals surface area contributed by atoms with Crippen molar-refractivity contribution in [3.63, 3.8) is 0 Å². The van der Waals surface area contributed by atoms with Gasteiger partial charge in [-0.05, 0) is 96.3 Å². The molecule has 0 spiro atoms. The number of ether oxygens (including phenoxy) is 2. The molecule has 0 aliphatic rings. The van der Waals surface area contributed by atoms with E-state index in [-0.39, 0.29) is 29.3 Å². The average molecular weight is 904 g/mol. The Balaban J connectivity index is 0.743. The number of nitrogens with zero attached hydrogens (tertiary/aromatic N) is 4. The molecule has 8 rings (SSSR count). The largest absolute Gasteiger partial charge is 0.508 e. The summed E-state index contributed by atoms with van der Waals surface area (Å²) >= 11 is 6.73. The fourth-order valence-corrected chi connectivity index (χ4v) is 8.08. The van der Waals surface area contributed by atoms with Crippen LogP contribution in [0.3, 0.4) is 0 Å². The van der Waals surface area contributed by atoms with Crippen molar-refractivity contribution in [2.45, 2.75) is 26.7 Å². The van der Waals surface area contributed by atoms with E-state index in [2.05, 4.69) is 71.3 Å². The minimum absolute atomic E-state index is 0.169. The number of anilines is 1. The first kappa shape index (κ1) is 44.9. The molecule has 2 amide bonds. The number of fused-ring (bicyclic) bond motifs is 2. The van der Waals surface area contributed by atoms with Crippen molar-refractivity contribution in [3.8, 4) is 50.9 Å². The lowest BCUT2D eigenvalue weighted by atomic mass is 9.92. The normalized spacial score (nSPS) is 11.2. The minimum Gasteiger partial charge on any atom is -0.508 e. The van der Waals surface area contributed by atoms with Gasteiger partial charge in [-0.15, -0.1) is 0 Å². The molecule has 15 heteroatoms. The number of aryl methyl sites for hydroxylation is 2. The second kappa shape index (κ2) is 20.0. The predicted molar refractivity (Wildman–Crippen MR) is 260 cm³/mol. The Kier molecular flexibility index (Phi) is 13.6. The van der Waals surface area contributed by atoms with Crippen LogP contribution in [0.5, 0.6) is 17.5 Å². The van der Waals surface area contributed by atoms with Crippen molar-refractivity contribution >= 4 is 51.2 Å². The molecular weight excluding hydrogens is 854 g/mol. The first-order chi connectivity index (χ1) is 31.9. The maximum Gasteiger partial charge on any atom is 0.300 e. The Labute approximate surface area is 386 Å². The van der Waals surface area contributed by atoms with E-state index >= 15 is 0 Å². The highest BCUT2D eigenvalue weighted by atomic mass is 35.5. The van der Waals surface area contributed by atoms with Gasteiger partial charge in [0, 0.05) is 96.1 Å². The van der Waals surface area contributed by atoms with E-state index < -0.39 is 0 Å². The highest BCUT2D eigenvalue weighted by Gasteiger charge is 2.18. The van der Waals surface area contributed by atoms with E-state index in [0.29, 0.717) is 73.4 Å². The van der Waals surface area contributed by atoms with Crippen molar-refractivity contribution in [2.75, 3.05) is 38.6 Å². The van der Waals surface area contributed by atoms with Gasteiger partial charge in [0.15, 0.2) is 0 Å². The molecular formula is C51H50ClN9O5. The summed E-state index contributed by atoms with van der Waals surface area (Å²) in [6.45, 7) is 9.86. The summed E-state index contributed by atoms with van der Waals surface area (Å²) in [7, 11) is 2.02. The van der Waals surface area contributed by atoms with E-state index in [4.69, 9.17) is 26.8 Å². The number of benzene rings is 4. The molecule has 4 aromatic carbocycles. The number of aromatic amines is 1. The van der Waals surface area contributed by atoms with Crippen molar-refractivity contribution < 1.29 is 24.2 Å². The zero-order valence-corrected chi connectivity index (χ0v) is 37.6. The van der Waals surface area contributed by atoms with Gasteiger partial charge in [0.05, 0.1) is 29.3 Å². The Bertz CT molecular complexity index is 3070.